The number of hydrogen-bond donors (Lipinski definition) is 2. The fourth-order valence-electron chi connectivity index (χ4n) is 3.71. The van der Waals surface area contributed by atoms with Gasteiger partial charge in [0.15, 0.2) is 6.61 Å². The molecule has 0 unspecified atom stereocenters. The summed E-state index contributed by atoms with van der Waals surface area (Å²) in [6.07, 6.45) is 5.37. The summed E-state index contributed by atoms with van der Waals surface area (Å²) in [5, 5.41) is 5.82. The van der Waals surface area contributed by atoms with Crippen LogP contribution in [0.15, 0.2) is 48.5 Å². The highest BCUT2D eigenvalue weighted by Gasteiger charge is 2.21. The number of benzene rings is 2. The second kappa shape index (κ2) is 10.1. The molecule has 154 valence electrons. The average Bonchev–Trinajstić information content (AvgIpc) is 2.73. The van der Waals surface area contributed by atoms with Crippen LogP contribution in [-0.2, 0) is 9.59 Å². The van der Waals surface area contributed by atoms with Gasteiger partial charge in [-0.2, -0.15) is 0 Å². The first-order valence-corrected chi connectivity index (χ1v) is 10.5. The van der Waals surface area contributed by atoms with Crippen LogP contribution in [0.1, 0.15) is 57.4 Å². The van der Waals surface area contributed by atoms with Gasteiger partial charge in [-0.15, -0.1) is 0 Å². The monoisotopic (exact) mass is 394 g/mol. The van der Waals surface area contributed by atoms with E-state index in [4.69, 9.17) is 4.74 Å². The molecular weight excluding hydrogens is 364 g/mol. The van der Waals surface area contributed by atoms with Gasteiger partial charge in [-0.05, 0) is 48.6 Å². The molecule has 0 atom stereocenters. The molecule has 5 heteroatoms. The summed E-state index contributed by atoms with van der Waals surface area (Å²) in [6.45, 7) is 4.12. The van der Waals surface area contributed by atoms with Crippen molar-refractivity contribution in [3.8, 4) is 5.75 Å². The van der Waals surface area contributed by atoms with E-state index in [-0.39, 0.29) is 24.3 Å². The number of anilines is 2. The highest BCUT2D eigenvalue weighted by molar-refractivity contribution is 5.95. The summed E-state index contributed by atoms with van der Waals surface area (Å²) in [4.78, 5) is 24.8. The highest BCUT2D eigenvalue weighted by Crippen LogP contribution is 2.27. The number of carbonyl (C=O) groups is 2. The van der Waals surface area contributed by atoms with Crippen LogP contribution in [0, 0.1) is 5.92 Å². The fraction of sp³-hybridized carbons (Fsp3) is 0.417. The minimum atomic E-state index is -0.237. The van der Waals surface area contributed by atoms with Crippen LogP contribution in [-0.4, -0.2) is 18.4 Å². The minimum absolute atomic E-state index is 0.0671. The van der Waals surface area contributed by atoms with Crippen LogP contribution in [0.5, 0.6) is 5.75 Å². The van der Waals surface area contributed by atoms with E-state index in [1.807, 2.05) is 36.4 Å². The Kier molecular flexibility index (Phi) is 7.28. The van der Waals surface area contributed by atoms with Crippen LogP contribution >= 0.6 is 0 Å². The molecule has 29 heavy (non-hydrogen) atoms. The second-order valence-corrected chi connectivity index (χ2v) is 7.93. The van der Waals surface area contributed by atoms with Crippen molar-refractivity contribution in [2.75, 3.05) is 17.2 Å². The maximum Gasteiger partial charge on any atom is 0.262 e. The van der Waals surface area contributed by atoms with Crippen molar-refractivity contribution in [2.24, 2.45) is 5.92 Å². The molecule has 0 bridgehead atoms. The number of amides is 2. The van der Waals surface area contributed by atoms with Gasteiger partial charge in [-0.1, -0.05) is 57.4 Å². The number of ether oxygens (including phenoxy) is 1. The van der Waals surface area contributed by atoms with E-state index in [0.29, 0.717) is 17.3 Å². The van der Waals surface area contributed by atoms with Gasteiger partial charge >= 0.3 is 0 Å². The molecule has 0 heterocycles. The van der Waals surface area contributed by atoms with E-state index in [1.165, 1.54) is 6.42 Å². The van der Waals surface area contributed by atoms with Gasteiger partial charge in [0.25, 0.3) is 5.91 Å². The number of para-hydroxylation sites is 1. The van der Waals surface area contributed by atoms with Crippen molar-refractivity contribution >= 4 is 23.2 Å². The zero-order valence-corrected chi connectivity index (χ0v) is 17.2. The first-order valence-electron chi connectivity index (χ1n) is 10.5. The van der Waals surface area contributed by atoms with Crippen molar-refractivity contribution in [2.45, 2.75) is 51.9 Å². The lowest BCUT2D eigenvalue weighted by atomic mass is 9.88. The molecular formula is C24H30N2O3. The summed E-state index contributed by atoms with van der Waals surface area (Å²) < 4.78 is 5.72. The van der Waals surface area contributed by atoms with E-state index >= 15 is 0 Å². The first kappa shape index (κ1) is 20.9. The molecule has 0 saturated heterocycles. The summed E-state index contributed by atoms with van der Waals surface area (Å²) in [5.41, 5.74) is 2.41. The Morgan fingerprint density at radius 1 is 0.966 bits per heavy atom. The highest BCUT2D eigenvalue weighted by atomic mass is 16.5. The lowest BCUT2D eigenvalue weighted by Crippen LogP contribution is -2.25. The lowest BCUT2D eigenvalue weighted by molar-refractivity contribution is -0.120. The average molecular weight is 395 g/mol. The van der Waals surface area contributed by atoms with Crippen molar-refractivity contribution in [1.29, 1.82) is 0 Å². The number of hydrogen-bond acceptors (Lipinski definition) is 3. The molecule has 0 aliphatic heterocycles. The molecule has 3 rings (SSSR count). The molecule has 1 saturated carbocycles. The van der Waals surface area contributed by atoms with Crippen LogP contribution in [0.4, 0.5) is 11.4 Å². The van der Waals surface area contributed by atoms with E-state index in [1.54, 1.807) is 12.1 Å². The molecule has 2 aromatic rings. The smallest absolute Gasteiger partial charge is 0.262 e. The molecule has 2 aromatic carbocycles. The third-order valence-electron chi connectivity index (χ3n) is 5.29. The minimum Gasteiger partial charge on any atom is -0.483 e. The Balaban J connectivity index is 1.54. The van der Waals surface area contributed by atoms with Crippen molar-refractivity contribution < 1.29 is 14.3 Å². The Hall–Kier alpha value is -2.82. The number of carbonyl (C=O) groups excluding carboxylic acids is 2. The zero-order chi connectivity index (χ0) is 20.6. The summed E-state index contributed by atoms with van der Waals surface area (Å²) in [5.74, 6) is 0.974. The van der Waals surface area contributed by atoms with Crippen LogP contribution < -0.4 is 15.4 Å². The molecule has 2 N–H and O–H groups in total. The zero-order valence-electron chi connectivity index (χ0n) is 17.2. The number of rotatable bonds is 7. The van der Waals surface area contributed by atoms with Crippen LogP contribution in [0.2, 0.25) is 0 Å². The van der Waals surface area contributed by atoms with Gasteiger partial charge < -0.3 is 15.4 Å². The van der Waals surface area contributed by atoms with Crippen LogP contribution in [0.3, 0.4) is 0 Å². The van der Waals surface area contributed by atoms with E-state index < -0.39 is 0 Å². The third-order valence-corrected chi connectivity index (χ3v) is 5.29. The quantitative estimate of drug-likeness (QED) is 0.665. The first-order chi connectivity index (χ1) is 14.0. The summed E-state index contributed by atoms with van der Waals surface area (Å²) >= 11 is 0. The van der Waals surface area contributed by atoms with Gasteiger partial charge in [0.1, 0.15) is 5.75 Å². The molecule has 0 aromatic heterocycles. The standard InChI is InChI=1S/C24H30N2O3/c1-17(2)21-13-6-7-14-22(21)29-16-23(27)25-19-11-8-12-20(15-19)26-24(28)18-9-4-3-5-10-18/h6-8,11-15,17-18H,3-5,9-10,16H2,1-2H3,(H,25,27)(H,26,28). The Labute approximate surface area is 172 Å². The summed E-state index contributed by atoms with van der Waals surface area (Å²) in [6, 6.07) is 15.0. The van der Waals surface area contributed by atoms with Crippen molar-refractivity contribution in [3.63, 3.8) is 0 Å². The normalized spacial score (nSPS) is 14.4. The van der Waals surface area contributed by atoms with Gasteiger partial charge in [0.2, 0.25) is 5.91 Å². The van der Waals surface area contributed by atoms with Crippen molar-refractivity contribution in [3.05, 3.63) is 54.1 Å². The fourth-order valence-corrected chi connectivity index (χ4v) is 3.71. The molecule has 2 amide bonds. The maximum absolute atomic E-state index is 12.4. The molecule has 1 aliphatic carbocycles. The third kappa shape index (κ3) is 6.08. The Morgan fingerprint density at radius 3 is 2.38 bits per heavy atom. The molecule has 1 fully saturated rings. The maximum atomic E-state index is 12.4. The predicted molar refractivity (Wildman–Crippen MR) is 116 cm³/mol. The topological polar surface area (TPSA) is 67.4 Å². The number of nitrogens with one attached hydrogen (secondary N) is 2. The predicted octanol–water partition coefficient (Wildman–Crippen LogP) is 5.35. The SMILES string of the molecule is CC(C)c1ccccc1OCC(=O)Nc1cccc(NC(=O)C2CCCCC2)c1. The van der Waals surface area contributed by atoms with Crippen LogP contribution in [0.25, 0.3) is 0 Å². The molecule has 0 spiro atoms. The van der Waals surface area contributed by atoms with Crippen molar-refractivity contribution in [1.82, 2.24) is 0 Å². The van der Waals surface area contributed by atoms with E-state index in [9.17, 15) is 9.59 Å². The van der Waals surface area contributed by atoms with Gasteiger partial charge in [-0.3, -0.25) is 9.59 Å². The largest absolute Gasteiger partial charge is 0.483 e. The van der Waals surface area contributed by atoms with E-state index in [2.05, 4.69) is 24.5 Å². The van der Waals surface area contributed by atoms with Gasteiger partial charge in [-0.25, -0.2) is 0 Å². The molecule has 0 radical (unpaired) electrons. The second-order valence-electron chi connectivity index (χ2n) is 7.93. The Bertz CT molecular complexity index is 842. The summed E-state index contributed by atoms with van der Waals surface area (Å²) in [7, 11) is 0. The molecule has 5 nitrogen and oxygen atoms in total. The van der Waals surface area contributed by atoms with Gasteiger partial charge in [0.05, 0.1) is 0 Å². The Morgan fingerprint density at radius 2 is 1.66 bits per heavy atom. The molecule has 1 aliphatic rings. The van der Waals surface area contributed by atoms with E-state index in [0.717, 1.165) is 37.0 Å². The lowest BCUT2D eigenvalue weighted by Gasteiger charge is -2.20. The van der Waals surface area contributed by atoms with Gasteiger partial charge in [0, 0.05) is 17.3 Å².